The van der Waals surface area contributed by atoms with E-state index in [0.29, 0.717) is 0 Å². The minimum atomic E-state index is -0.136. The van der Waals surface area contributed by atoms with Crippen LogP contribution >= 0.6 is 0 Å². The van der Waals surface area contributed by atoms with E-state index in [-0.39, 0.29) is 16.7 Å². The van der Waals surface area contributed by atoms with Crippen LogP contribution in [0.2, 0.25) is 0 Å². The quantitative estimate of drug-likeness (QED) is 0.788. The molecule has 0 fully saturated rings. The predicted molar refractivity (Wildman–Crippen MR) is 90.1 cm³/mol. The van der Waals surface area contributed by atoms with Crippen molar-refractivity contribution in [2.45, 2.75) is 61.3 Å². The van der Waals surface area contributed by atoms with E-state index in [0.717, 1.165) is 38.0 Å². The van der Waals surface area contributed by atoms with Crippen LogP contribution in [0.4, 0.5) is 0 Å². The Kier molecular flexibility index (Phi) is 5.51. The number of unbranched alkanes of at least 4 members (excludes halogenated alkanes) is 1. The average molecular weight is 294 g/mol. The molecule has 0 aromatic heterocycles. The third-order valence-electron chi connectivity index (χ3n) is 4.07. The zero-order chi connectivity index (χ0) is 16.4. The molecule has 0 spiro atoms. The summed E-state index contributed by atoms with van der Waals surface area (Å²) >= 11 is 0. The van der Waals surface area contributed by atoms with E-state index in [1.54, 1.807) is 0 Å². The van der Waals surface area contributed by atoms with Crippen molar-refractivity contribution in [2.75, 3.05) is 26.7 Å². The smallest absolute Gasteiger partial charge is 0.252 e. The number of carbonyl (C=O) groups excluding carboxylic acids is 1. The first-order valence-electron chi connectivity index (χ1n) is 8.25. The second kappa shape index (κ2) is 6.41. The highest BCUT2D eigenvalue weighted by Gasteiger charge is 2.38. The summed E-state index contributed by atoms with van der Waals surface area (Å²) in [5, 5.41) is 0. The molecule has 1 aliphatic heterocycles. The van der Waals surface area contributed by atoms with Crippen molar-refractivity contribution in [1.29, 1.82) is 0 Å². The monoisotopic (exact) mass is 294 g/mol. The van der Waals surface area contributed by atoms with Crippen LogP contribution in [0.5, 0.6) is 0 Å². The number of hydrogen-bond donors (Lipinski definition) is 0. The first-order valence-corrected chi connectivity index (χ1v) is 8.25. The zero-order valence-corrected chi connectivity index (χ0v) is 15.3. The molecule has 1 aliphatic rings. The molecule has 122 valence electrons. The van der Waals surface area contributed by atoms with Gasteiger partial charge in [0.05, 0.1) is 0 Å². The van der Waals surface area contributed by atoms with Gasteiger partial charge < -0.3 is 9.80 Å². The molecule has 0 bridgehead atoms. The molecule has 0 aromatic carbocycles. The van der Waals surface area contributed by atoms with Crippen molar-refractivity contribution in [3.63, 3.8) is 0 Å². The van der Waals surface area contributed by atoms with Gasteiger partial charge in [0.15, 0.2) is 0 Å². The minimum Gasteiger partial charge on any atom is -0.375 e. The van der Waals surface area contributed by atoms with Crippen LogP contribution in [-0.4, -0.2) is 42.4 Å². The maximum absolute atomic E-state index is 13.1. The topological polar surface area (TPSA) is 23.6 Å². The number of rotatable bonds is 3. The molecule has 1 rings (SSSR count). The Balaban J connectivity index is 3.37. The molecule has 0 N–H and O–H groups in total. The zero-order valence-electron chi connectivity index (χ0n) is 15.3. The van der Waals surface area contributed by atoms with Gasteiger partial charge in [-0.05, 0) is 11.8 Å². The summed E-state index contributed by atoms with van der Waals surface area (Å²) < 4.78 is 0. The van der Waals surface area contributed by atoms with E-state index in [1.165, 1.54) is 5.70 Å². The molecule has 3 heteroatoms. The second-order valence-corrected chi connectivity index (χ2v) is 8.29. The number of allylic oxidation sites excluding steroid dienone is 1. The largest absolute Gasteiger partial charge is 0.375 e. The lowest BCUT2D eigenvalue weighted by Crippen LogP contribution is -2.37. The van der Waals surface area contributed by atoms with E-state index < -0.39 is 0 Å². The van der Waals surface area contributed by atoms with Gasteiger partial charge in [-0.15, -0.1) is 0 Å². The standard InChI is InChI=1S/C18H34N2O/c1-9-10-11-20-13-12-19(8)15(18(5,6)7)14(16(20)21)17(2,3)4/h9-13H2,1-8H3. The summed E-state index contributed by atoms with van der Waals surface area (Å²) in [6.07, 6.45) is 2.21. The van der Waals surface area contributed by atoms with Crippen molar-refractivity contribution < 1.29 is 4.79 Å². The van der Waals surface area contributed by atoms with Crippen LogP contribution in [-0.2, 0) is 4.79 Å². The highest BCUT2D eigenvalue weighted by atomic mass is 16.2. The Bertz CT molecular complexity index is 410. The summed E-state index contributed by atoms with van der Waals surface area (Å²) in [7, 11) is 2.13. The summed E-state index contributed by atoms with van der Waals surface area (Å²) in [6.45, 7) is 17.9. The van der Waals surface area contributed by atoms with Crippen LogP contribution < -0.4 is 0 Å². The Labute approximate surface area is 131 Å². The number of likely N-dealkylation sites (N-methyl/N-ethyl adjacent to an activating group) is 1. The first-order chi connectivity index (χ1) is 9.50. The van der Waals surface area contributed by atoms with Gasteiger partial charge >= 0.3 is 0 Å². The van der Waals surface area contributed by atoms with Gasteiger partial charge in [0.1, 0.15) is 0 Å². The Morgan fingerprint density at radius 1 is 1.00 bits per heavy atom. The maximum atomic E-state index is 13.1. The van der Waals surface area contributed by atoms with Crippen molar-refractivity contribution in [1.82, 2.24) is 9.80 Å². The summed E-state index contributed by atoms with van der Waals surface area (Å²) in [4.78, 5) is 17.5. The van der Waals surface area contributed by atoms with Gasteiger partial charge in [-0.2, -0.15) is 0 Å². The third-order valence-corrected chi connectivity index (χ3v) is 4.07. The van der Waals surface area contributed by atoms with E-state index in [4.69, 9.17) is 0 Å². The Hall–Kier alpha value is -0.990. The number of amides is 1. The Morgan fingerprint density at radius 3 is 2.00 bits per heavy atom. The van der Waals surface area contributed by atoms with Crippen molar-refractivity contribution in [3.05, 3.63) is 11.3 Å². The van der Waals surface area contributed by atoms with Crippen LogP contribution in [0.3, 0.4) is 0 Å². The van der Waals surface area contributed by atoms with Crippen molar-refractivity contribution >= 4 is 5.91 Å². The highest BCUT2D eigenvalue weighted by Crippen LogP contribution is 2.40. The van der Waals surface area contributed by atoms with Crippen LogP contribution in [0.1, 0.15) is 61.3 Å². The molecular formula is C18H34N2O. The molecule has 21 heavy (non-hydrogen) atoms. The third kappa shape index (κ3) is 4.24. The number of carbonyl (C=O) groups is 1. The highest BCUT2D eigenvalue weighted by molar-refractivity contribution is 5.95. The van der Waals surface area contributed by atoms with Gasteiger partial charge in [-0.3, -0.25) is 4.79 Å². The van der Waals surface area contributed by atoms with Crippen LogP contribution in [0.25, 0.3) is 0 Å². The SMILES string of the molecule is CCCCN1CCN(C)C(C(C)(C)C)=C(C(C)(C)C)C1=O. The van der Waals surface area contributed by atoms with Gasteiger partial charge in [0.25, 0.3) is 5.91 Å². The number of hydrogen-bond acceptors (Lipinski definition) is 2. The van der Waals surface area contributed by atoms with Crippen LogP contribution in [0.15, 0.2) is 11.3 Å². The van der Waals surface area contributed by atoms with E-state index >= 15 is 0 Å². The molecule has 0 atom stereocenters. The lowest BCUT2D eigenvalue weighted by Gasteiger charge is -2.36. The molecule has 3 nitrogen and oxygen atoms in total. The minimum absolute atomic E-state index is 0.0200. The fraction of sp³-hybridized carbons (Fsp3) is 0.833. The first kappa shape index (κ1) is 18.1. The summed E-state index contributed by atoms with van der Waals surface area (Å²) in [5.74, 6) is 0.241. The van der Waals surface area contributed by atoms with Gasteiger partial charge in [-0.25, -0.2) is 0 Å². The predicted octanol–water partition coefficient (Wildman–Crippen LogP) is 3.91. The molecule has 0 aliphatic carbocycles. The van der Waals surface area contributed by atoms with Crippen molar-refractivity contribution in [3.8, 4) is 0 Å². The van der Waals surface area contributed by atoms with Gasteiger partial charge in [0, 0.05) is 43.4 Å². The second-order valence-electron chi connectivity index (χ2n) is 8.29. The maximum Gasteiger partial charge on any atom is 0.252 e. The van der Waals surface area contributed by atoms with E-state index in [1.807, 2.05) is 0 Å². The number of nitrogens with zero attached hydrogens (tertiary/aromatic N) is 2. The molecule has 0 unspecified atom stereocenters. The lowest BCUT2D eigenvalue weighted by molar-refractivity contribution is -0.128. The molecule has 1 amide bonds. The van der Waals surface area contributed by atoms with Gasteiger partial charge in [0.2, 0.25) is 0 Å². The van der Waals surface area contributed by atoms with E-state index in [2.05, 4.69) is 65.3 Å². The normalized spacial score (nSPS) is 18.4. The van der Waals surface area contributed by atoms with Crippen molar-refractivity contribution in [2.24, 2.45) is 10.8 Å². The molecule has 0 saturated heterocycles. The molecule has 0 radical (unpaired) electrons. The molecular weight excluding hydrogens is 260 g/mol. The van der Waals surface area contributed by atoms with Gasteiger partial charge in [-0.1, -0.05) is 54.9 Å². The molecule has 0 aromatic rings. The summed E-state index contributed by atoms with van der Waals surface area (Å²) in [6, 6.07) is 0. The van der Waals surface area contributed by atoms with Crippen LogP contribution in [0, 0.1) is 10.8 Å². The van der Waals surface area contributed by atoms with E-state index in [9.17, 15) is 4.79 Å². The Morgan fingerprint density at radius 2 is 1.57 bits per heavy atom. The lowest BCUT2D eigenvalue weighted by atomic mass is 9.77. The molecule has 0 saturated carbocycles. The summed E-state index contributed by atoms with van der Waals surface area (Å²) in [5.41, 5.74) is 2.04. The average Bonchev–Trinajstić information content (AvgIpc) is 2.43. The fourth-order valence-electron chi connectivity index (χ4n) is 3.12. The fourth-order valence-corrected chi connectivity index (χ4v) is 3.12. The molecule has 1 heterocycles.